The first kappa shape index (κ1) is 16.2. The number of aliphatic hydroxyl groups is 2. The van der Waals surface area contributed by atoms with Crippen molar-refractivity contribution in [2.45, 2.75) is 12.1 Å². The van der Waals surface area contributed by atoms with Crippen molar-refractivity contribution in [3.05, 3.63) is 65.7 Å². The zero-order valence-electron chi connectivity index (χ0n) is 12.9. The molecule has 2 atom stereocenters. The largest absolute Gasteiger partial charge is 0.394 e. The summed E-state index contributed by atoms with van der Waals surface area (Å²) in [5.74, 6) is -0.911. The number of anilines is 1. The summed E-state index contributed by atoms with van der Waals surface area (Å²) in [6, 6.07) is 14.9. The van der Waals surface area contributed by atoms with Crippen LogP contribution in [0.2, 0.25) is 0 Å². The molecule has 0 bridgehead atoms. The molecule has 2 amide bonds. The predicted molar refractivity (Wildman–Crippen MR) is 88.8 cm³/mol. The first-order valence-electron chi connectivity index (χ1n) is 7.68. The van der Waals surface area contributed by atoms with Gasteiger partial charge in [-0.05, 0) is 24.3 Å². The fourth-order valence-corrected chi connectivity index (χ4v) is 2.81. The lowest BCUT2D eigenvalue weighted by Gasteiger charge is -2.30. The molecule has 3 N–H and O–H groups in total. The number of fused-ring (bicyclic) bond motifs is 1. The van der Waals surface area contributed by atoms with Crippen molar-refractivity contribution in [3.8, 4) is 0 Å². The Labute approximate surface area is 139 Å². The number of aliphatic hydroxyl groups excluding tert-OH is 2. The van der Waals surface area contributed by atoms with Crippen LogP contribution >= 0.6 is 0 Å². The predicted octanol–water partition coefficient (Wildman–Crippen LogP) is 1.12. The van der Waals surface area contributed by atoms with Crippen molar-refractivity contribution in [1.29, 1.82) is 0 Å². The highest BCUT2D eigenvalue weighted by atomic mass is 16.3. The van der Waals surface area contributed by atoms with E-state index in [1.165, 1.54) is 0 Å². The third-order valence-corrected chi connectivity index (χ3v) is 4.08. The summed E-state index contributed by atoms with van der Waals surface area (Å²) in [6.07, 6.45) is -1.23. The lowest BCUT2D eigenvalue weighted by molar-refractivity contribution is 0.0180. The third-order valence-electron chi connectivity index (χ3n) is 4.08. The normalized spacial score (nSPS) is 16.0. The van der Waals surface area contributed by atoms with Gasteiger partial charge >= 0.3 is 0 Å². The van der Waals surface area contributed by atoms with Crippen LogP contribution in [0.1, 0.15) is 20.7 Å². The average molecular weight is 326 g/mol. The topological polar surface area (TPSA) is 89.9 Å². The Hall–Kier alpha value is -2.70. The number of para-hydroxylation sites is 1. The van der Waals surface area contributed by atoms with Crippen molar-refractivity contribution in [1.82, 2.24) is 4.90 Å². The lowest BCUT2D eigenvalue weighted by Crippen LogP contribution is -2.51. The fourth-order valence-electron chi connectivity index (χ4n) is 2.81. The van der Waals surface area contributed by atoms with E-state index >= 15 is 0 Å². The SMILES string of the molecule is O=C1c2ccccc2C(=O)N1C(CNc1ccccc1)[C@@H](O)CO. The summed E-state index contributed by atoms with van der Waals surface area (Å²) < 4.78 is 0. The quantitative estimate of drug-likeness (QED) is 0.692. The summed E-state index contributed by atoms with van der Waals surface area (Å²) >= 11 is 0. The number of hydrogen-bond acceptors (Lipinski definition) is 5. The Morgan fingerprint density at radius 1 is 0.917 bits per heavy atom. The Balaban J connectivity index is 1.84. The summed E-state index contributed by atoms with van der Waals surface area (Å²) in [5.41, 5.74) is 1.43. The molecule has 6 nitrogen and oxygen atoms in total. The maximum absolute atomic E-state index is 12.6. The van der Waals surface area contributed by atoms with Crippen LogP contribution in [-0.2, 0) is 0 Å². The number of benzene rings is 2. The minimum atomic E-state index is -1.23. The minimum Gasteiger partial charge on any atom is -0.394 e. The fraction of sp³-hybridized carbons (Fsp3) is 0.222. The van der Waals surface area contributed by atoms with Crippen LogP contribution in [0.3, 0.4) is 0 Å². The van der Waals surface area contributed by atoms with Crippen molar-refractivity contribution >= 4 is 17.5 Å². The van der Waals surface area contributed by atoms with Gasteiger partial charge in [0.05, 0.1) is 29.9 Å². The van der Waals surface area contributed by atoms with Gasteiger partial charge in [0.25, 0.3) is 11.8 Å². The summed E-state index contributed by atoms with van der Waals surface area (Å²) in [4.78, 5) is 26.2. The van der Waals surface area contributed by atoms with E-state index in [0.29, 0.717) is 11.1 Å². The van der Waals surface area contributed by atoms with Gasteiger partial charge in [0.2, 0.25) is 0 Å². The van der Waals surface area contributed by atoms with E-state index in [1.807, 2.05) is 30.3 Å². The van der Waals surface area contributed by atoms with Crippen molar-refractivity contribution in [3.63, 3.8) is 0 Å². The molecule has 0 spiro atoms. The molecule has 1 heterocycles. The van der Waals surface area contributed by atoms with Gasteiger partial charge in [-0.1, -0.05) is 30.3 Å². The zero-order valence-corrected chi connectivity index (χ0v) is 12.9. The van der Waals surface area contributed by atoms with Crippen LogP contribution in [-0.4, -0.2) is 52.2 Å². The average Bonchev–Trinajstić information content (AvgIpc) is 2.88. The second-order valence-electron chi connectivity index (χ2n) is 5.59. The van der Waals surface area contributed by atoms with E-state index in [1.54, 1.807) is 24.3 Å². The van der Waals surface area contributed by atoms with Crippen LogP contribution in [0.4, 0.5) is 5.69 Å². The van der Waals surface area contributed by atoms with Gasteiger partial charge in [0, 0.05) is 12.2 Å². The van der Waals surface area contributed by atoms with Crippen LogP contribution in [0, 0.1) is 0 Å². The molecule has 0 radical (unpaired) electrons. The molecule has 2 aromatic rings. The molecule has 0 aliphatic carbocycles. The van der Waals surface area contributed by atoms with Crippen molar-refractivity contribution < 1.29 is 19.8 Å². The molecular weight excluding hydrogens is 308 g/mol. The molecule has 0 aromatic heterocycles. The van der Waals surface area contributed by atoms with E-state index in [4.69, 9.17) is 0 Å². The number of nitrogens with one attached hydrogen (secondary N) is 1. The summed E-state index contributed by atoms with van der Waals surface area (Å²) in [6.45, 7) is -0.411. The first-order valence-corrected chi connectivity index (χ1v) is 7.68. The highest BCUT2D eigenvalue weighted by Crippen LogP contribution is 2.25. The van der Waals surface area contributed by atoms with Gasteiger partial charge in [0.1, 0.15) is 0 Å². The molecule has 0 fully saturated rings. The lowest BCUT2D eigenvalue weighted by atomic mass is 10.1. The number of imide groups is 1. The molecule has 2 aromatic carbocycles. The molecule has 0 saturated carbocycles. The highest BCUT2D eigenvalue weighted by Gasteiger charge is 2.42. The van der Waals surface area contributed by atoms with Gasteiger partial charge in [0.15, 0.2) is 0 Å². The van der Waals surface area contributed by atoms with Crippen molar-refractivity contribution in [2.75, 3.05) is 18.5 Å². The van der Waals surface area contributed by atoms with E-state index < -0.39 is 30.6 Å². The Bertz CT molecular complexity index is 713. The van der Waals surface area contributed by atoms with Crippen LogP contribution in [0.5, 0.6) is 0 Å². The Morgan fingerprint density at radius 2 is 1.46 bits per heavy atom. The molecule has 1 aliphatic rings. The van der Waals surface area contributed by atoms with E-state index in [2.05, 4.69) is 5.32 Å². The molecule has 24 heavy (non-hydrogen) atoms. The maximum atomic E-state index is 12.6. The molecule has 1 aliphatic heterocycles. The van der Waals surface area contributed by atoms with Gasteiger partial charge in [-0.25, -0.2) is 0 Å². The van der Waals surface area contributed by atoms with Crippen LogP contribution in [0.15, 0.2) is 54.6 Å². The zero-order chi connectivity index (χ0) is 17.1. The monoisotopic (exact) mass is 326 g/mol. The Kier molecular flexibility index (Phi) is 4.59. The summed E-state index contributed by atoms with van der Waals surface area (Å²) in [7, 11) is 0. The van der Waals surface area contributed by atoms with Crippen molar-refractivity contribution in [2.24, 2.45) is 0 Å². The minimum absolute atomic E-state index is 0.136. The first-order chi connectivity index (χ1) is 11.6. The number of hydrogen-bond donors (Lipinski definition) is 3. The second kappa shape index (κ2) is 6.82. The van der Waals surface area contributed by atoms with Gasteiger partial charge < -0.3 is 15.5 Å². The second-order valence-corrected chi connectivity index (χ2v) is 5.59. The molecule has 1 unspecified atom stereocenters. The van der Waals surface area contributed by atoms with Crippen LogP contribution < -0.4 is 5.32 Å². The third kappa shape index (κ3) is 2.89. The molecule has 3 rings (SSSR count). The van der Waals surface area contributed by atoms with E-state index in [0.717, 1.165) is 10.6 Å². The smallest absolute Gasteiger partial charge is 0.261 e. The molecule has 124 valence electrons. The number of rotatable bonds is 6. The Morgan fingerprint density at radius 3 is 2.00 bits per heavy atom. The standard InChI is InChI=1S/C18H18N2O4/c21-11-16(22)15(10-19-12-6-2-1-3-7-12)20-17(23)13-8-4-5-9-14(13)18(20)24/h1-9,15-16,19,21-22H,10-11H2/t15?,16-/m0/s1. The van der Waals surface area contributed by atoms with Gasteiger partial charge in [-0.15, -0.1) is 0 Å². The number of amides is 2. The number of carbonyl (C=O) groups is 2. The molecule has 0 saturated heterocycles. The molecule has 6 heteroatoms. The van der Waals surface area contributed by atoms with Gasteiger partial charge in [-0.3, -0.25) is 14.5 Å². The van der Waals surface area contributed by atoms with E-state index in [9.17, 15) is 19.8 Å². The number of nitrogens with zero attached hydrogens (tertiary/aromatic N) is 1. The van der Waals surface area contributed by atoms with Crippen LogP contribution in [0.25, 0.3) is 0 Å². The maximum Gasteiger partial charge on any atom is 0.261 e. The molecular formula is C18H18N2O4. The van der Waals surface area contributed by atoms with E-state index in [-0.39, 0.29) is 6.54 Å². The van der Waals surface area contributed by atoms with Gasteiger partial charge in [-0.2, -0.15) is 0 Å². The number of carbonyl (C=O) groups excluding carboxylic acids is 2. The highest BCUT2D eigenvalue weighted by molar-refractivity contribution is 6.21. The summed E-state index contributed by atoms with van der Waals surface area (Å²) in [5, 5.41) is 22.5.